The van der Waals surface area contributed by atoms with Crippen molar-refractivity contribution in [3.8, 4) is 23.0 Å². The fraction of sp³-hybridized carbons (Fsp3) is 0.333. The Morgan fingerprint density at radius 2 is 1.59 bits per heavy atom. The van der Waals surface area contributed by atoms with Crippen LogP contribution >= 0.6 is 0 Å². The normalized spacial score (nSPS) is 21.6. The Kier molecular flexibility index (Phi) is 7.84. The maximum atomic E-state index is 11.6. The Hall–Kier alpha value is -3.90. The number of ether oxygens (including phenoxy) is 3. The van der Waals surface area contributed by atoms with E-state index < -0.39 is 0 Å². The summed E-state index contributed by atoms with van der Waals surface area (Å²) < 4.78 is 17.4. The van der Waals surface area contributed by atoms with E-state index in [1.807, 2.05) is 37.3 Å². The number of phenolic OH excluding ortho intramolecular Hbond substituents is 2. The summed E-state index contributed by atoms with van der Waals surface area (Å²) in [4.78, 5) is 0. The molecule has 4 atom stereocenters. The smallest absolute Gasteiger partial charge is 0.125 e. The number of hydrogen-bond donors (Lipinski definition) is 3. The van der Waals surface area contributed by atoms with Crippen LogP contribution in [0.3, 0.4) is 0 Å². The third-order valence-electron chi connectivity index (χ3n) is 8.06. The zero-order valence-corrected chi connectivity index (χ0v) is 22.6. The molecule has 1 heterocycles. The molecule has 39 heavy (non-hydrogen) atoms. The number of hydrogen-bond acceptors (Lipinski definition) is 6. The molecule has 2 aliphatic rings. The summed E-state index contributed by atoms with van der Waals surface area (Å²) in [6.07, 6.45) is 5.18. The minimum Gasteiger partial charge on any atom is -0.508 e. The number of aliphatic hydroxyl groups is 1. The van der Waals surface area contributed by atoms with Gasteiger partial charge in [0.05, 0.1) is 26.4 Å². The molecule has 1 fully saturated rings. The van der Waals surface area contributed by atoms with Gasteiger partial charge < -0.3 is 29.5 Å². The van der Waals surface area contributed by atoms with Crippen molar-refractivity contribution in [2.45, 2.75) is 50.7 Å². The average molecular weight is 529 g/mol. The molecule has 0 amide bonds. The Balaban J connectivity index is 1.44. The molecule has 1 aliphatic carbocycles. The van der Waals surface area contributed by atoms with E-state index in [0.717, 1.165) is 52.8 Å². The maximum Gasteiger partial charge on any atom is 0.125 e. The van der Waals surface area contributed by atoms with Crippen LogP contribution in [0.4, 0.5) is 0 Å². The van der Waals surface area contributed by atoms with E-state index in [1.165, 1.54) is 0 Å². The third-order valence-corrected chi connectivity index (χ3v) is 8.06. The summed E-state index contributed by atoms with van der Waals surface area (Å²) in [5.41, 5.74) is 4.90. The van der Waals surface area contributed by atoms with Gasteiger partial charge in [0.25, 0.3) is 0 Å². The van der Waals surface area contributed by atoms with Crippen LogP contribution in [-0.2, 0) is 11.2 Å². The molecule has 3 aromatic rings. The molecule has 5 rings (SSSR count). The van der Waals surface area contributed by atoms with E-state index in [4.69, 9.17) is 14.2 Å². The van der Waals surface area contributed by atoms with Gasteiger partial charge in [-0.15, -0.1) is 0 Å². The van der Waals surface area contributed by atoms with Gasteiger partial charge in [-0.05, 0) is 90.8 Å². The van der Waals surface area contributed by atoms with Gasteiger partial charge in [-0.2, -0.15) is 0 Å². The van der Waals surface area contributed by atoms with Crippen molar-refractivity contribution in [2.75, 3.05) is 14.2 Å². The monoisotopic (exact) mass is 528 g/mol. The first-order chi connectivity index (χ1) is 18.9. The molecule has 6 heteroatoms. The highest BCUT2D eigenvalue weighted by atomic mass is 16.5. The van der Waals surface area contributed by atoms with Crippen LogP contribution in [0.15, 0.2) is 89.7 Å². The first-order valence-electron chi connectivity index (χ1n) is 13.4. The molecule has 0 bridgehead atoms. The molecular weight excluding hydrogens is 492 g/mol. The quantitative estimate of drug-likeness (QED) is 0.288. The lowest BCUT2D eigenvalue weighted by Crippen LogP contribution is -2.35. The molecule has 0 spiro atoms. The highest BCUT2D eigenvalue weighted by Gasteiger charge is 2.38. The van der Waals surface area contributed by atoms with Crippen LogP contribution < -0.4 is 9.47 Å². The predicted octanol–water partition coefficient (Wildman–Crippen LogP) is 7.14. The number of rotatable bonds is 8. The Labute approximate surface area is 229 Å². The van der Waals surface area contributed by atoms with Crippen LogP contribution in [0.2, 0.25) is 0 Å². The summed E-state index contributed by atoms with van der Waals surface area (Å²) in [5, 5.41) is 31.1. The van der Waals surface area contributed by atoms with Gasteiger partial charge in [-0.1, -0.05) is 36.4 Å². The number of aliphatic hydroxyl groups excluding tert-OH is 1. The van der Waals surface area contributed by atoms with Gasteiger partial charge in [0.2, 0.25) is 0 Å². The van der Waals surface area contributed by atoms with Gasteiger partial charge in [0.1, 0.15) is 28.8 Å². The summed E-state index contributed by atoms with van der Waals surface area (Å²) in [5.74, 6) is 2.24. The number of phenols is 2. The van der Waals surface area contributed by atoms with Crippen molar-refractivity contribution in [1.82, 2.24) is 0 Å². The molecule has 204 valence electrons. The first kappa shape index (κ1) is 26.7. The predicted molar refractivity (Wildman–Crippen MR) is 151 cm³/mol. The fourth-order valence-corrected chi connectivity index (χ4v) is 5.90. The third kappa shape index (κ3) is 5.62. The van der Waals surface area contributed by atoms with Crippen LogP contribution in [0.1, 0.15) is 54.9 Å². The second kappa shape index (κ2) is 11.5. The van der Waals surface area contributed by atoms with E-state index in [9.17, 15) is 15.3 Å². The van der Waals surface area contributed by atoms with E-state index in [1.54, 1.807) is 38.5 Å². The van der Waals surface area contributed by atoms with E-state index in [-0.39, 0.29) is 35.5 Å². The van der Waals surface area contributed by atoms with E-state index in [2.05, 4.69) is 18.2 Å². The summed E-state index contributed by atoms with van der Waals surface area (Å²) in [7, 11) is 3.26. The zero-order valence-electron chi connectivity index (χ0n) is 22.6. The van der Waals surface area contributed by atoms with Crippen LogP contribution in [-0.4, -0.2) is 35.6 Å². The Morgan fingerprint density at radius 1 is 0.872 bits per heavy atom. The molecule has 0 aromatic heterocycles. The Morgan fingerprint density at radius 3 is 2.28 bits per heavy atom. The molecule has 4 unspecified atom stereocenters. The van der Waals surface area contributed by atoms with E-state index in [0.29, 0.717) is 17.9 Å². The van der Waals surface area contributed by atoms with Crippen molar-refractivity contribution >= 4 is 0 Å². The second-order valence-corrected chi connectivity index (χ2v) is 10.4. The van der Waals surface area contributed by atoms with Crippen molar-refractivity contribution < 1.29 is 29.5 Å². The number of aromatic hydroxyl groups is 2. The van der Waals surface area contributed by atoms with Crippen molar-refractivity contribution in [1.29, 1.82) is 0 Å². The van der Waals surface area contributed by atoms with Crippen LogP contribution in [0, 0.1) is 5.92 Å². The number of benzene rings is 3. The Bertz CT molecular complexity index is 1360. The highest BCUT2D eigenvalue weighted by Crippen LogP contribution is 2.46. The van der Waals surface area contributed by atoms with Gasteiger partial charge >= 0.3 is 0 Å². The lowest BCUT2D eigenvalue weighted by molar-refractivity contribution is -0.0573. The van der Waals surface area contributed by atoms with Crippen molar-refractivity contribution in [3.63, 3.8) is 0 Å². The summed E-state index contributed by atoms with van der Waals surface area (Å²) in [6, 6.07) is 20.4. The number of fused-ring (bicyclic) bond motifs is 1. The summed E-state index contributed by atoms with van der Waals surface area (Å²) in [6.45, 7) is 1.97. The molecule has 3 N–H and O–H groups in total. The van der Waals surface area contributed by atoms with Crippen LogP contribution in [0.25, 0.3) is 0 Å². The van der Waals surface area contributed by atoms with Gasteiger partial charge in [0, 0.05) is 17.9 Å². The maximum absolute atomic E-state index is 11.6. The minimum atomic E-state index is -0.199. The number of allylic oxidation sites excluding steroid dienone is 1. The minimum absolute atomic E-state index is 0.0554. The number of methoxy groups -OCH3 is 2. The average Bonchev–Trinajstić information content (AvgIpc) is 2.96. The largest absolute Gasteiger partial charge is 0.508 e. The molecular formula is C33H36O6. The zero-order chi connectivity index (χ0) is 27.5. The van der Waals surface area contributed by atoms with Gasteiger partial charge in [0.15, 0.2) is 0 Å². The lowest BCUT2D eigenvalue weighted by Gasteiger charge is -2.40. The fourth-order valence-electron chi connectivity index (χ4n) is 5.90. The van der Waals surface area contributed by atoms with Gasteiger partial charge in [-0.25, -0.2) is 0 Å². The molecule has 1 saturated heterocycles. The number of aryl methyl sites for hydroxylation is 1. The lowest BCUT2D eigenvalue weighted by atomic mass is 9.75. The van der Waals surface area contributed by atoms with E-state index >= 15 is 0 Å². The second-order valence-electron chi connectivity index (χ2n) is 10.4. The van der Waals surface area contributed by atoms with Gasteiger partial charge in [-0.3, -0.25) is 0 Å². The van der Waals surface area contributed by atoms with Crippen molar-refractivity contribution in [3.05, 3.63) is 106 Å². The molecule has 6 nitrogen and oxygen atoms in total. The van der Waals surface area contributed by atoms with Crippen molar-refractivity contribution in [2.24, 2.45) is 5.92 Å². The standard InChI is InChI=1S/C33H36O6/c1-20-32(36)29(18-24-10-17-30(39-33(20)24)22-4-11-25(34)12-5-22)28(21-7-14-27(37-2)15-8-21)16-9-23-6-13-26(35)19-31(23)38-3/h4-8,11-15,18-19,24,28,30,33-36H,9-10,16-17H2,1-3H3. The molecule has 3 aromatic carbocycles. The summed E-state index contributed by atoms with van der Waals surface area (Å²) >= 11 is 0. The molecule has 0 saturated carbocycles. The molecule has 0 radical (unpaired) electrons. The topological polar surface area (TPSA) is 88.4 Å². The molecule has 1 aliphatic heterocycles. The SMILES string of the molecule is COc1ccc(C(CCc2ccc(O)cc2OC)C2=CC3CCC(c4ccc(O)cc4)OC3C(C)=C2O)cc1. The highest BCUT2D eigenvalue weighted by molar-refractivity contribution is 5.47. The first-order valence-corrected chi connectivity index (χ1v) is 13.4. The van der Waals surface area contributed by atoms with Crippen LogP contribution in [0.5, 0.6) is 23.0 Å².